The number of nitrogens with zero attached hydrogens (tertiary/aromatic N) is 2. The largest absolute Gasteiger partial charge is 0.355 e. The topological polar surface area (TPSA) is 68.8 Å². The lowest BCUT2D eigenvalue weighted by molar-refractivity contribution is -0.121. The van der Waals surface area contributed by atoms with Crippen molar-refractivity contribution >= 4 is 11.9 Å². The number of hydrogen-bond donors (Lipinski definition) is 3. The number of carbonyl (C=O) groups is 1. The van der Waals surface area contributed by atoms with E-state index in [1.54, 1.807) is 7.05 Å². The lowest BCUT2D eigenvalue weighted by Gasteiger charge is -2.35. The van der Waals surface area contributed by atoms with Gasteiger partial charge in [-0.25, -0.2) is 0 Å². The summed E-state index contributed by atoms with van der Waals surface area (Å²) in [4.78, 5) is 18.5. The first-order chi connectivity index (χ1) is 10.4. The van der Waals surface area contributed by atoms with Gasteiger partial charge in [-0.1, -0.05) is 13.3 Å². The van der Waals surface area contributed by atoms with Crippen LogP contribution in [0.5, 0.6) is 0 Å². The molecule has 22 heavy (non-hydrogen) atoms. The summed E-state index contributed by atoms with van der Waals surface area (Å²) >= 11 is 0. The molecule has 1 aliphatic heterocycles. The highest BCUT2D eigenvalue weighted by Crippen LogP contribution is 2.15. The molecule has 1 fully saturated rings. The number of nitrogens with one attached hydrogen (secondary N) is 3. The van der Waals surface area contributed by atoms with Crippen molar-refractivity contribution in [3.8, 4) is 0 Å². The molecule has 0 aromatic heterocycles. The third-order valence-electron chi connectivity index (χ3n) is 3.81. The molecule has 1 amide bonds. The molecule has 0 aromatic carbocycles. The molecule has 1 unspecified atom stereocenters. The molecule has 1 atom stereocenters. The second-order valence-corrected chi connectivity index (χ2v) is 6.88. The zero-order chi connectivity index (χ0) is 16.6. The second-order valence-electron chi connectivity index (χ2n) is 6.88. The van der Waals surface area contributed by atoms with Gasteiger partial charge in [0.2, 0.25) is 5.91 Å². The predicted octanol–water partition coefficient (Wildman–Crippen LogP) is 0.941. The van der Waals surface area contributed by atoms with Gasteiger partial charge in [-0.15, -0.1) is 0 Å². The average molecular weight is 311 g/mol. The number of rotatable bonds is 5. The van der Waals surface area contributed by atoms with Gasteiger partial charge < -0.3 is 16.0 Å². The number of amides is 1. The highest BCUT2D eigenvalue weighted by molar-refractivity contribution is 5.86. The van der Waals surface area contributed by atoms with Crippen LogP contribution in [0.3, 0.4) is 0 Å². The molecule has 128 valence electrons. The van der Waals surface area contributed by atoms with E-state index in [9.17, 15) is 4.79 Å². The van der Waals surface area contributed by atoms with Crippen LogP contribution in [0.15, 0.2) is 4.99 Å². The smallest absolute Gasteiger partial charge is 0.239 e. The number of guanidine groups is 1. The monoisotopic (exact) mass is 311 g/mol. The van der Waals surface area contributed by atoms with Crippen molar-refractivity contribution in [1.29, 1.82) is 0 Å². The Labute approximate surface area is 135 Å². The van der Waals surface area contributed by atoms with E-state index in [2.05, 4.69) is 32.8 Å². The van der Waals surface area contributed by atoms with E-state index in [4.69, 9.17) is 0 Å². The van der Waals surface area contributed by atoms with E-state index >= 15 is 0 Å². The van der Waals surface area contributed by atoms with E-state index in [-0.39, 0.29) is 18.0 Å². The van der Waals surface area contributed by atoms with Crippen molar-refractivity contribution < 1.29 is 4.79 Å². The molecule has 0 saturated carbocycles. The molecular weight excluding hydrogens is 278 g/mol. The lowest BCUT2D eigenvalue weighted by atomic mass is 10.0. The van der Waals surface area contributed by atoms with Crippen molar-refractivity contribution in [2.75, 3.05) is 33.2 Å². The van der Waals surface area contributed by atoms with Gasteiger partial charge in [0.1, 0.15) is 0 Å². The SMILES string of the molecule is CCN1CCCCC1CNC(=NC)NCC(=O)NC(C)(C)C. The maximum Gasteiger partial charge on any atom is 0.239 e. The molecule has 0 radical (unpaired) electrons. The Morgan fingerprint density at radius 3 is 2.59 bits per heavy atom. The Kier molecular flexibility index (Phi) is 7.65. The molecule has 0 aliphatic carbocycles. The molecule has 0 aromatic rings. The second kappa shape index (κ2) is 8.98. The predicted molar refractivity (Wildman–Crippen MR) is 92.1 cm³/mol. The van der Waals surface area contributed by atoms with Crippen LogP contribution in [-0.2, 0) is 4.79 Å². The van der Waals surface area contributed by atoms with Crippen LogP contribution in [0.4, 0.5) is 0 Å². The van der Waals surface area contributed by atoms with Crippen LogP contribution in [-0.4, -0.2) is 61.6 Å². The van der Waals surface area contributed by atoms with Gasteiger partial charge >= 0.3 is 0 Å². The zero-order valence-corrected chi connectivity index (χ0v) is 14.8. The van der Waals surface area contributed by atoms with E-state index in [1.807, 2.05) is 20.8 Å². The van der Waals surface area contributed by atoms with Gasteiger partial charge in [0, 0.05) is 25.2 Å². The van der Waals surface area contributed by atoms with Crippen LogP contribution in [0.1, 0.15) is 47.0 Å². The number of carbonyl (C=O) groups excluding carboxylic acids is 1. The van der Waals surface area contributed by atoms with Gasteiger partial charge in [0.05, 0.1) is 6.54 Å². The minimum atomic E-state index is -0.209. The normalized spacial score (nSPS) is 20.6. The molecule has 1 aliphatic rings. The van der Waals surface area contributed by atoms with Gasteiger partial charge in [0.25, 0.3) is 0 Å². The minimum absolute atomic E-state index is 0.0247. The fourth-order valence-corrected chi connectivity index (χ4v) is 2.77. The van der Waals surface area contributed by atoms with E-state index in [0.717, 1.165) is 13.1 Å². The number of aliphatic imine (C=N–C) groups is 1. The van der Waals surface area contributed by atoms with Crippen LogP contribution >= 0.6 is 0 Å². The standard InChI is InChI=1S/C16H33N5O/c1-6-21-10-8-7-9-13(21)11-18-15(17-5)19-12-14(22)20-16(2,3)4/h13H,6-12H2,1-5H3,(H,20,22)(H2,17,18,19). The first kappa shape index (κ1) is 18.7. The molecule has 1 saturated heterocycles. The van der Waals surface area contributed by atoms with Crippen molar-refractivity contribution in [3.63, 3.8) is 0 Å². The van der Waals surface area contributed by atoms with E-state index in [0.29, 0.717) is 12.0 Å². The van der Waals surface area contributed by atoms with Crippen LogP contribution in [0.2, 0.25) is 0 Å². The van der Waals surface area contributed by atoms with Crippen molar-refractivity contribution in [1.82, 2.24) is 20.9 Å². The quantitative estimate of drug-likeness (QED) is 0.522. The van der Waals surface area contributed by atoms with Gasteiger partial charge in [0.15, 0.2) is 5.96 Å². The Morgan fingerprint density at radius 1 is 1.27 bits per heavy atom. The van der Waals surface area contributed by atoms with Crippen LogP contribution in [0, 0.1) is 0 Å². The summed E-state index contributed by atoms with van der Waals surface area (Å²) in [5, 5.41) is 9.34. The number of hydrogen-bond acceptors (Lipinski definition) is 3. The Bertz CT molecular complexity index is 375. The molecule has 1 heterocycles. The number of likely N-dealkylation sites (tertiary alicyclic amines) is 1. The fraction of sp³-hybridized carbons (Fsp3) is 0.875. The first-order valence-electron chi connectivity index (χ1n) is 8.35. The van der Waals surface area contributed by atoms with Crippen LogP contribution < -0.4 is 16.0 Å². The van der Waals surface area contributed by atoms with Crippen molar-refractivity contribution in [2.45, 2.75) is 58.5 Å². The minimum Gasteiger partial charge on any atom is -0.355 e. The highest BCUT2D eigenvalue weighted by atomic mass is 16.2. The molecule has 0 bridgehead atoms. The third kappa shape index (κ3) is 7.11. The summed E-state index contributed by atoms with van der Waals surface area (Å²) in [7, 11) is 1.73. The summed E-state index contributed by atoms with van der Waals surface area (Å²) in [5.41, 5.74) is -0.209. The highest BCUT2D eigenvalue weighted by Gasteiger charge is 2.21. The van der Waals surface area contributed by atoms with E-state index < -0.39 is 0 Å². The van der Waals surface area contributed by atoms with Gasteiger partial charge in [-0.2, -0.15) is 0 Å². The molecule has 6 heteroatoms. The van der Waals surface area contributed by atoms with Crippen molar-refractivity contribution in [2.24, 2.45) is 4.99 Å². The maximum absolute atomic E-state index is 11.8. The lowest BCUT2D eigenvalue weighted by Crippen LogP contribution is -2.51. The molecular formula is C16H33N5O. The fourth-order valence-electron chi connectivity index (χ4n) is 2.77. The van der Waals surface area contributed by atoms with Gasteiger partial charge in [-0.3, -0.25) is 14.7 Å². The molecule has 0 spiro atoms. The summed E-state index contributed by atoms with van der Waals surface area (Å²) < 4.78 is 0. The Balaban J connectivity index is 2.34. The third-order valence-corrected chi connectivity index (χ3v) is 3.81. The van der Waals surface area contributed by atoms with Crippen LogP contribution in [0.25, 0.3) is 0 Å². The zero-order valence-electron chi connectivity index (χ0n) is 14.8. The molecule has 3 N–H and O–H groups in total. The Morgan fingerprint density at radius 2 is 2.00 bits per heavy atom. The first-order valence-corrected chi connectivity index (χ1v) is 8.35. The maximum atomic E-state index is 11.8. The van der Waals surface area contributed by atoms with E-state index in [1.165, 1.54) is 25.8 Å². The summed E-state index contributed by atoms with van der Waals surface area (Å²) in [6.07, 6.45) is 3.81. The number of likely N-dealkylation sites (N-methyl/N-ethyl adjacent to an activating group) is 1. The number of piperidine rings is 1. The summed E-state index contributed by atoms with van der Waals surface area (Å²) in [6.45, 7) is 11.5. The van der Waals surface area contributed by atoms with Gasteiger partial charge in [-0.05, 0) is 46.7 Å². The molecule has 6 nitrogen and oxygen atoms in total. The van der Waals surface area contributed by atoms with Crippen molar-refractivity contribution in [3.05, 3.63) is 0 Å². The average Bonchev–Trinajstić information content (AvgIpc) is 2.46. The summed E-state index contributed by atoms with van der Waals surface area (Å²) in [5.74, 6) is 0.661. The molecule has 1 rings (SSSR count). The summed E-state index contributed by atoms with van der Waals surface area (Å²) in [6, 6.07) is 0.556. The Hall–Kier alpha value is -1.30.